The first-order valence-corrected chi connectivity index (χ1v) is 8.21. The molecule has 1 N–H and O–H groups in total. The Morgan fingerprint density at radius 1 is 1.33 bits per heavy atom. The smallest absolute Gasteiger partial charge is 0.262 e. The van der Waals surface area contributed by atoms with Gasteiger partial charge in [0.2, 0.25) is 0 Å². The molecule has 0 bridgehead atoms. The number of benzene rings is 2. The van der Waals surface area contributed by atoms with Gasteiger partial charge in [0.05, 0.1) is 0 Å². The molecule has 1 aliphatic rings. The van der Waals surface area contributed by atoms with E-state index >= 15 is 0 Å². The number of carbonyl (C=O) groups is 1. The number of carbonyl (C=O) groups excluding carboxylic acids is 1. The Hall–Kier alpha value is -2.20. The second kappa shape index (κ2) is 6.36. The second-order valence-electron chi connectivity index (χ2n) is 6.58. The zero-order chi connectivity index (χ0) is 17.3. The number of ether oxygens (including phenoxy) is 2. The number of hydrogen-bond donors (Lipinski definition) is 1. The quantitative estimate of drug-likeness (QED) is 0.894. The molecule has 24 heavy (non-hydrogen) atoms. The maximum absolute atomic E-state index is 12.1. The minimum atomic E-state index is -0.247. The maximum Gasteiger partial charge on any atom is 0.262 e. The number of aryl methyl sites for hydroxylation is 1. The summed E-state index contributed by atoms with van der Waals surface area (Å²) in [6, 6.07) is 11.1. The predicted molar refractivity (Wildman–Crippen MR) is 95.2 cm³/mol. The number of amides is 1. The summed E-state index contributed by atoms with van der Waals surface area (Å²) in [7, 11) is 0. The van der Waals surface area contributed by atoms with Gasteiger partial charge in [-0.25, -0.2) is 0 Å². The van der Waals surface area contributed by atoms with E-state index < -0.39 is 0 Å². The van der Waals surface area contributed by atoms with Crippen LogP contribution in [-0.2, 0) is 11.2 Å². The van der Waals surface area contributed by atoms with Crippen molar-refractivity contribution in [3.05, 3.63) is 52.5 Å². The Kier molecular flexibility index (Phi) is 4.41. The van der Waals surface area contributed by atoms with Crippen LogP contribution in [0.2, 0.25) is 5.02 Å². The van der Waals surface area contributed by atoms with Gasteiger partial charge in [0.25, 0.3) is 5.91 Å². The molecule has 1 heterocycles. The van der Waals surface area contributed by atoms with Crippen LogP contribution < -0.4 is 14.8 Å². The molecule has 4 nitrogen and oxygen atoms in total. The lowest BCUT2D eigenvalue weighted by Gasteiger charge is -2.18. The molecule has 0 aliphatic carbocycles. The molecule has 1 amide bonds. The Morgan fingerprint density at radius 3 is 2.88 bits per heavy atom. The molecule has 0 aromatic heterocycles. The van der Waals surface area contributed by atoms with E-state index in [1.807, 2.05) is 51.1 Å². The SMILES string of the molecule is Cc1ccc(NC(=O)COc2cccc3c2OC(C)(C)C3)cc1Cl. The van der Waals surface area contributed by atoms with Gasteiger partial charge in [-0.2, -0.15) is 0 Å². The summed E-state index contributed by atoms with van der Waals surface area (Å²) >= 11 is 6.06. The molecular weight excluding hydrogens is 326 g/mol. The van der Waals surface area contributed by atoms with Gasteiger partial charge in [-0.05, 0) is 44.5 Å². The number of para-hydroxylation sites is 1. The van der Waals surface area contributed by atoms with Crippen LogP contribution in [-0.4, -0.2) is 18.1 Å². The van der Waals surface area contributed by atoms with Gasteiger partial charge in [-0.3, -0.25) is 4.79 Å². The highest BCUT2D eigenvalue weighted by atomic mass is 35.5. The lowest BCUT2D eigenvalue weighted by Crippen LogP contribution is -2.25. The molecule has 0 atom stereocenters. The van der Waals surface area contributed by atoms with Gasteiger partial charge in [-0.15, -0.1) is 0 Å². The summed E-state index contributed by atoms with van der Waals surface area (Å²) in [6.45, 7) is 5.88. The zero-order valence-electron chi connectivity index (χ0n) is 14.0. The van der Waals surface area contributed by atoms with Crippen molar-refractivity contribution >= 4 is 23.2 Å². The third-order valence-corrected chi connectivity index (χ3v) is 4.28. The van der Waals surface area contributed by atoms with E-state index in [1.54, 1.807) is 6.07 Å². The number of fused-ring (bicyclic) bond motifs is 1. The molecule has 0 radical (unpaired) electrons. The third kappa shape index (κ3) is 3.65. The van der Waals surface area contributed by atoms with Gasteiger partial charge < -0.3 is 14.8 Å². The summed E-state index contributed by atoms with van der Waals surface area (Å²) in [5, 5.41) is 3.39. The summed E-state index contributed by atoms with van der Waals surface area (Å²) < 4.78 is 11.6. The lowest BCUT2D eigenvalue weighted by atomic mass is 10.0. The molecule has 1 aliphatic heterocycles. The fourth-order valence-corrected chi connectivity index (χ4v) is 2.89. The lowest BCUT2D eigenvalue weighted by molar-refractivity contribution is -0.118. The molecule has 2 aromatic carbocycles. The number of rotatable bonds is 4. The van der Waals surface area contributed by atoms with Crippen LogP contribution in [0, 0.1) is 6.92 Å². The average molecular weight is 346 g/mol. The van der Waals surface area contributed by atoms with Crippen LogP contribution in [0.4, 0.5) is 5.69 Å². The van der Waals surface area contributed by atoms with Gasteiger partial charge in [-0.1, -0.05) is 29.8 Å². The van der Waals surface area contributed by atoms with E-state index in [1.165, 1.54) is 0 Å². The summed E-state index contributed by atoms with van der Waals surface area (Å²) in [4.78, 5) is 12.1. The van der Waals surface area contributed by atoms with E-state index in [-0.39, 0.29) is 18.1 Å². The molecular formula is C19H20ClNO3. The summed E-state index contributed by atoms with van der Waals surface area (Å²) in [5.41, 5.74) is 2.46. The van der Waals surface area contributed by atoms with Crippen LogP contribution in [0.3, 0.4) is 0 Å². The van der Waals surface area contributed by atoms with Crippen molar-refractivity contribution in [3.8, 4) is 11.5 Å². The fraction of sp³-hybridized carbons (Fsp3) is 0.316. The second-order valence-corrected chi connectivity index (χ2v) is 6.99. The number of hydrogen-bond acceptors (Lipinski definition) is 3. The van der Waals surface area contributed by atoms with E-state index in [2.05, 4.69) is 5.32 Å². The van der Waals surface area contributed by atoms with E-state index in [0.29, 0.717) is 16.5 Å². The molecule has 126 valence electrons. The number of nitrogens with one attached hydrogen (secondary N) is 1. The third-order valence-electron chi connectivity index (χ3n) is 3.87. The monoisotopic (exact) mass is 345 g/mol. The average Bonchev–Trinajstić information content (AvgIpc) is 2.83. The Labute approximate surface area is 146 Å². The van der Waals surface area contributed by atoms with Crippen molar-refractivity contribution in [2.24, 2.45) is 0 Å². The number of anilines is 1. The van der Waals surface area contributed by atoms with Gasteiger partial charge >= 0.3 is 0 Å². The van der Waals surface area contributed by atoms with E-state index in [0.717, 1.165) is 23.3 Å². The van der Waals surface area contributed by atoms with Crippen molar-refractivity contribution in [2.75, 3.05) is 11.9 Å². The molecule has 5 heteroatoms. The van der Waals surface area contributed by atoms with Gasteiger partial charge in [0.1, 0.15) is 5.60 Å². The van der Waals surface area contributed by atoms with Gasteiger partial charge in [0.15, 0.2) is 18.1 Å². The zero-order valence-corrected chi connectivity index (χ0v) is 14.7. The van der Waals surface area contributed by atoms with Gasteiger partial charge in [0, 0.05) is 22.7 Å². The predicted octanol–water partition coefficient (Wildman–Crippen LogP) is 4.38. The Morgan fingerprint density at radius 2 is 2.12 bits per heavy atom. The van der Waals surface area contributed by atoms with Crippen LogP contribution in [0.25, 0.3) is 0 Å². The fourth-order valence-electron chi connectivity index (χ4n) is 2.71. The van der Waals surface area contributed by atoms with E-state index in [4.69, 9.17) is 21.1 Å². The Balaban J connectivity index is 1.63. The molecule has 3 rings (SSSR count). The highest BCUT2D eigenvalue weighted by Crippen LogP contribution is 2.41. The first-order chi connectivity index (χ1) is 11.3. The molecule has 0 saturated carbocycles. The number of halogens is 1. The molecule has 0 fully saturated rings. The van der Waals surface area contributed by atoms with Crippen molar-refractivity contribution in [2.45, 2.75) is 32.8 Å². The van der Waals surface area contributed by atoms with Crippen LogP contribution in [0.5, 0.6) is 11.5 Å². The molecule has 0 unspecified atom stereocenters. The normalized spacial score (nSPS) is 14.7. The maximum atomic E-state index is 12.1. The molecule has 0 spiro atoms. The largest absolute Gasteiger partial charge is 0.483 e. The minimum Gasteiger partial charge on any atom is -0.483 e. The van der Waals surface area contributed by atoms with Crippen molar-refractivity contribution in [1.29, 1.82) is 0 Å². The summed E-state index contributed by atoms with van der Waals surface area (Å²) in [5.74, 6) is 1.08. The van der Waals surface area contributed by atoms with Crippen molar-refractivity contribution < 1.29 is 14.3 Å². The standard InChI is InChI=1S/C19H20ClNO3/c1-12-7-8-14(9-15(12)20)21-17(22)11-23-16-6-4-5-13-10-19(2,3)24-18(13)16/h4-9H,10-11H2,1-3H3,(H,21,22). The van der Waals surface area contributed by atoms with Crippen LogP contribution in [0.15, 0.2) is 36.4 Å². The van der Waals surface area contributed by atoms with Crippen LogP contribution in [0.1, 0.15) is 25.0 Å². The Bertz CT molecular complexity index is 786. The highest BCUT2D eigenvalue weighted by molar-refractivity contribution is 6.31. The highest BCUT2D eigenvalue weighted by Gasteiger charge is 2.32. The minimum absolute atomic E-state index is 0.0915. The topological polar surface area (TPSA) is 47.6 Å². The van der Waals surface area contributed by atoms with Crippen LogP contribution >= 0.6 is 11.6 Å². The first kappa shape index (κ1) is 16.7. The summed E-state index contributed by atoms with van der Waals surface area (Å²) in [6.07, 6.45) is 0.827. The van der Waals surface area contributed by atoms with Crippen molar-refractivity contribution in [1.82, 2.24) is 0 Å². The van der Waals surface area contributed by atoms with E-state index in [9.17, 15) is 4.79 Å². The molecule has 0 saturated heterocycles. The van der Waals surface area contributed by atoms with Crippen molar-refractivity contribution in [3.63, 3.8) is 0 Å². The first-order valence-electron chi connectivity index (χ1n) is 7.84. The molecule has 2 aromatic rings.